The van der Waals surface area contributed by atoms with Crippen molar-refractivity contribution < 1.29 is 4.42 Å². The third-order valence-corrected chi connectivity index (χ3v) is 4.15. The maximum atomic E-state index is 5.42. The largest absolute Gasteiger partial charge is 0.439 e. The number of benzene rings is 1. The topological polar surface area (TPSA) is 38.1 Å². The summed E-state index contributed by atoms with van der Waals surface area (Å²) in [4.78, 5) is 5.58. The van der Waals surface area contributed by atoms with Gasteiger partial charge in [0, 0.05) is 17.5 Å². The van der Waals surface area contributed by atoms with Crippen molar-refractivity contribution in [3.63, 3.8) is 0 Å². The average Bonchev–Trinajstić information content (AvgIpc) is 3.13. The van der Waals surface area contributed by atoms with Gasteiger partial charge in [-0.05, 0) is 50.1 Å². The predicted molar refractivity (Wildman–Crippen MR) is 76.4 cm³/mol. The third kappa shape index (κ3) is 3.39. The van der Waals surface area contributed by atoms with Crippen molar-refractivity contribution in [3.05, 3.63) is 41.3 Å². The molecule has 1 aliphatic carbocycles. The Morgan fingerprint density at radius 2 is 2.21 bits per heavy atom. The number of hydrogen-bond donors (Lipinski definition) is 1. The lowest BCUT2D eigenvalue weighted by atomic mass is 10.1. The number of nitrogens with one attached hydrogen (secondary N) is 1. The molecule has 1 fully saturated rings. The van der Waals surface area contributed by atoms with Crippen molar-refractivity contribution in [3.8, 4) is 0 Å². The highest BCUT2D eigenvalue weighted by atomic mass is 32.2. The Kier molecular flexibility index (Phi) is 3.62. The van der Waals surface area contributed by atoms with E-state index in [4.69, 9.17) is 4.42 Å². The Bertz CT molecular complexity index is 575. The predicted octanol–water partition coefficient (Wildman–Crippen LogP) is 3.69. The molecule has 0 unspecified atom stereocenters. The Morgan fingerprint density at radius 1 is 1.37 bits per heavy atom. The van der Waals surface area contributed by atoms with Gasteiger partial charge in [0.25, 0.3) is 5.22 Å². The lowest BCUT2D eigenvalue weighted by molar-refractivity contribution is 0.454. The molecule has 19 heavy (non-hydrogen) atoms. The fraction of sp³-hybridized carbons (Fsp3) is 0.400. The molecule has 4 heteroatoms. The van der Waals surface area contributed by atoms with Gasteiger partial charge in [0.2, 0.25) is 0 Å². The molecule has 0 spiro atoms. The summed E-state index contributed by atoms with van der Waals surface area (Å²) in [5.74, 6) is 0. The fourth-order valence-corrected chi connectivity index (χ4v) is 2.83. The second kappa shape index (κ2) is 5.39. The maximum absolute atomic E-state index is 5.42. The van der Waals surface area contributed by atoms with Crippen molar-refractivity contribution in [2.24, 2.45) is 0 Å². The fourth-order valence-electron chi connectivity index (χ4n) is 1.96. The summed E-state index contributed by atoms with van der Waals surface area (Å²) in [6, 6.07) is 7.26. The van der Waals surface area contributed by atoms with Crippen LogP contribution in [-0.4, -0.2) is 11.0 Å². The van der Waals surface area contributed by atoms with Crippen LogP contribution in [0.4, 0.5) is 0 Å². The van der Waals surface area contributed by atoms with Gasteiger partial charge in [-0.3, -0.25) is 0 Å². The number of hydrogen-bond acceptors (Lipinski definition) is 4. The number of aromatic nitrogens is 1. The normalized spacial score (nSPS) is 14.8. The lowest BCUT2D eigenvalue weighted by Gasteiger charge is -2.09. The van der Waals surface area contributed by atoms with E-state index in [1.165, 1.54) is 28.9 Å². The van der Waals surface area contributed by atoms with E-state index in [-0.39, 0.29) is 0 Å². The van der Waals surface area contributed by atoms with Crippen molar-refractivity contribution in [1.29, 1.82) is 0 Å². The van der Waals surface area contributed by atoms with Crippen LogP contribution in [0.1, 0.15) is 29.7 Å². The van der Waals surface area contributed by atoms with Crippen molar-refractivity contribution >= 4 is 11.8 Å². The van der Waals surface area contributed by atoms with Crippen LogP contribution in [-0.2, 0) is 6.54 Å². The molecule has 0 bridgehead atoms. The van der Waals surface area contributed by atoms with Gasteiger partial charge >= 0.3 is 0 Å². The molecule has 1 heterocycles. The van der Waals surface area contributed by atoms with Crippen molar-refractivity contribution in [2.75, 3.05) is 0 Å². The average molecular weight is 274 g/mol. The highest BCUT2D eigenvalue weighted by Gasteiger charge is 2.20. The molecule has 1 aromatic heterocycles. The second-order valence-electron chi connectivity index (χ2n) is 5.12. The van der Waals surface area contributed by atoms with Gasteiger partial charge in [-0.25, -0.2) is 4.98 Å². The molecule has 100 valence electrons. The molecule has 1 aromatic carbocycles. The van der Waals surface area contributed by atoms with Gasteiger partial charge in [-0.1, -0.05) is 17.7 Å². The van der Waals surface area contributed by atoms with Crippen LogP contribution in [0.15, 0.2) is 39.0 Å². The number of oxazole rings is 1. The smallest absolute Gasteiger partial charge is 0.260 e. The van der Waals surface area contributed by atoms with Crippen molar-refractivity contribution in [1.82, 2.24) is 10.3 Å². The van der Waals surface area contributed by atoms with Crippen LogP contribution in [0.2, 0.25) is 0 Å². The van der Waals surface area contributed by atoms with Gasteiger partial charge in [0.1, 0.15) is 6.26 Å². The molecule has 3 rings (SSSR count). The van der Waals surface area contributed by atoms with Crippen LogP contribution in [0.5, 0.6) is 0 Å². The highest BCUT2D eigenvalue weighted by molar-refractivity contribution is 7.99. The zero-order valence-electron chi connectivity index (χ0n) is 11.3. The van der Waals surface area contributed by atoms with Crippen LogP contribution >= 0.6 is 11.8 Å². The van der Waals surface area contributed by atoms with E-state index in [2.05, 4.69) is 35.4 Å². The molecule has 0 atom stereocenters. The van der Waals surface area contributed by atoms with Crippen LogP contribution in [0.25, 0.3) is 0 Å². The van der Waals surface area contributed by atoms with E-state index in [0.717, 1.165) is 18.3 Å². The van der Waals surface area contributed by atoms with Gasteiger partial charge in [-0.2, -0.15) is 0 Å². The van der Waals surface area contributed by atoms with Gasteiger partial charge in [-0.15, -0.1) is 0 Å². The molecular weight excluding hydrogens is 256 g/mol. The van der Waals surface area contributed by atoms with Gasteiger partial charge in [0.05, 0.1) is 5.69 Å². The summed E-state index contributed by atoms with van der Waals surface area (Å²) in [5, 5.41) is 4.28. The van der Waals surface area contributed by atoms with E-state index in [1.54, 1.807) is 18.0 Å². The number of nitrogens with zero attached hydrogens (tertiary/aromatic N) is 1. The van der Waals surface area contributed by atoms with Crippen LogP contribution in [0, 0.1) is 13.8 Å². The minimum atomic E-state index is 0.717. The van der Waals surface area contributed by atoms with E-state index >= 15 is 0 Å². The molecule has 0 radical (unpaired) electrons. The standard InChI is InChI=1S/C15H18N2OS/c1-10-3-6-14(19-15-17-11(2)9-18-15)12(7-10)8-16-13-4-5-13/h3,6-7,9,13,16H,4-5,8H2,1-2H3. The summed E-state index contributed by atoms with van der Waals surface area (Å²) in [7, 11) is 0. The van der Waals surface area contributed by atoms with Gasteiger partial charge < -0.3 is 9.73 Å². The van der Waals surface area contributed by atoms with E-state index in [9.17, 15) is 0 Å². The Labute approximate surface area is 117 Å². The third-order valence-electron chi connectivity index (χ3n) is 3.17. The first kappa shape index (κ1) is 12.8. The Balaban J connectivity index is 1.77. The zero-order chi connectivity index (χ0) is 13.2. The van der Waals surface area contributed by atoms with E-state index in [0.29, 0.717) is 5.22 Å². The highest BCUT2D eigenvalue weighted by Crippen LogP contribution is 2.31. The molecular formula is C15H18N2OS. The first-order valence-electron chi connectivity index (χ1n) is 6.63. The summed E-state index contributed by atoms with van der Waals surface area (Å²) in [6.07, 6.45) is 4.32. The quantitative estimate of drug-likeness (QED) is 0.902. The number of rotatable bonds is 5. The summed E-state index contributed by atoms with van der Waals surface area (Å²) in [6.45, 7) is 5.00. The minimum Gasteiger partial charge on any atom is -0.439 e. The van der Waals surface area contributed by atoms with E-state index < -0.39 is 0 Å². The number of aryl methyl sites for hydroxylation is 2. The molecule has 1 saturated carbocycles. The summed E-state index contributed by atoms with van der Waals surface area (Å²) >= 11 is 1.60. The van der Waals surface area contributed by atoms with Crippen LogP contribution < -0.4 is 5.32 Å². The second-order valence-corrected chi connectivity index (χ2v) is 6.12. The van der Waals surface area contributed by atoms with Gasteiger partial charge in [0.15, 0.2) is 0 Å². The molecule has 0 aliphatic heterocycles. The molecule has 1 N–H and O–H groups in total. The maximum Gasteiger partial charge on any atom is 0.260 e. The summed E-state index contributed by atoms with van der Waals surface area (Å²) in [5.41, 5.74) is 3.54. The van der Waals surface area contributed by atoms with Crippen molar-refractivity contribution in [2.45, 2.75) is 49.4 Å². The minimum absolute atomic E-state index is 0.717. The SMILES string of the molecule is Cc1ccc(Sc2nc(C)co2)c(CNC2CC2)c1. The lowest BCUT2D eigenvalue weighted by Crippen LogP contribution is -2.15. The molecule has 1 aliphatic rings. The first-order valence-corrected chi connectivity index (χ1v) is 7.45. The molecule has 2 aromatic rings. The van der Waals surface area contributed by atoms with Crippen LogP contribution in [0.3, 0.4) is 0 Å². The Morgan fingerprint density at radius 3 is 2.89 bits per heavy atom. The monoisotopic (exact) mass is 274 g/mol. The first-order chi connectivity index (χ1) is 9.20. The molecule has 0 saturated heterocycles. The molecule has 3 nitrogen and oxygen atoms in total. The summed E-state index contributed by atoms with van der Waals surface area (Å²) < 4.78 is 5.42. The molecule has 0 amide bonds. The Hall–Kier alpha value is -1.26. The zero-order valence-corrected chi connectivity index (χ0v) is 12.1. The van der Waals surface area contributed by atoms with E-state index in [1.807, 2.05) is 6.92 Å².